The van der Waals surface area contributed by atoms with Crippen molar-refractivity contribution in [1.82, 2.24) is 4.90 Å². The van der Waals surface area contributed by atoms with Gasteiger partial charge in [-0.3, -0.25) is 14.5 Å². The highest BCUT2D eigenvalue weighted by Crippen LogP contribution is 2.31. The van der Waals surface area contributed by atoms with Gasteiger partial charge in [0, 0.05) is 18.3 Å². The standard InChI is InChI=1S/C22H25N3O2/c1-15-10-11-16-6-4-5-9-19(16)25(15)21(26)14-24-13-18-8-3-2-7-17(18)12-20(24)22(23)27/h2-9,15,20H,10-14H2,1H3,(H2,23,27)/t15-,20+/m0/s1. The molecular weight excluding hydrogens is 338 g/mol. The zero-order chi connectivity index (χ0) is 19.0. The second-order valence-electron chi connectivity index (χ2n) is 7.58. The Morgan fingerprint density at radius 2 is 1.70 bits per heavy atom. The highest BCUT2D eigenvalue weighted by molar-refractivity contribution is 5.97. The molecule has 5 nitrogen and oxygen atoms in total. The van der Waals surface area contributed by atoms with Crippen molar-refractivity contribution in [2.24, 2.45) is 5.73 Å². The maximum absolute atomic E-state index is 13.3. The van der Waals surface area contributed by atoms with Crippen LogP contribution in [-0.2, 0) is 29.0 Å². The number of nitrogens with two attached hydrogens (primary N) is 1. The molecule has 2 aliphatic rings. The molecule has 2 heterocycles. The lowest BCUT2D eigenvalue weighted by Gasteiger charge is -2.39. The summed E-state index contributed by atoms with van der Waals surface area (Å²) in [5.41, 5.74) is 10.2. The summed E-state index contributed by atoms with van der Waals surface area (Å²) >= 11 is 0. The number of carbonyl (C=O) groups is 2. The van der Waals surface area contributed by atoms with Crippen LogP contribution >= 0.6 is 0 Å². The lowest BCUT2D eigenvalue weighted by atomic mass is 9.93. The first-order valence-corrected chi connectivity index (χ1v) is 9.54. The van der Waals surface area contributed by atoms with Crippen LogP contribution in [0.5, 0.6) is 0 Å². The minimum absolute atomic E-state index is 0.0280. The quantitative estimate of drug-likeness (QED) is 0.910. The van der Waals surface area contributed by atoms with Gasteiger partial charge in [-0.1, -0.05) is 42.5 Å². The van der Waals surface area contributed by atoms with E-state index in [0.29, 0.717) is 13.0 Å². The fourth-order valence-corrected chi connectivity index (χ4v) is 4.34. The normalized spacial score (nSPS) is 22.0. The largest absolute Gasteiger partial charge is 0.368 e. The minimum Gasteiger partial charge on any atom is -0.368 e. The van der Waals surface area contributed by atoms with E-state index in [0.717, 1.165) is 29.7 Å². The van der Waals surface area contributed by atoms with Gasteiger partial charge in [-0.15, -0.1) is 0 Å². The number of benzene rings is 2. The molecule has 0 aromatic heterocycles. The van der Waals surface area contributed by atoms with Gasteiger partial charge in [0.1, 0.15) is 0 Å². The van der Waals surface area contributed by atoms with Crippen molar-refractivity contribution >= 4 is 17.5 Å². The number of primary amides is 1. The fourth-order valence-electron chi connectivity index (χ4n) is 4.34. The van der Waals surface area contributed by atoms with Gasteiger partial charge in [0.2, 0.25) is 11.8 Å². The number of hydrogen-bond acceptors (Lipinski definition) is 3. The molecule has 0 aliphatic carbocycles. The van der Waals surface area contributed by atoms with Crippen molar-refractivity contribution in [3.8, 4) is 0 Å². The van der Waals surface area contributed by atoms with E-state index >= 15 is 0 Å². The van der Waals surface area contributed by atoms with Gasteiger partial charge in [0.25, 0.3) is 0 Å². The van der Waals surface area contributed by atoms with Crippen molar-refractivity contribution in [3.63, 3.8) is 0 Å². The van der Waals surface area contributed by atoms with Crippen LogP contribution in [-0.4, -0.2) is 35.3 Å². The predicted molar refractivity (Wildman–Crippen MR) is 105 cm³/mol. The Hall–Kier alpha value is -2.66. The topological polar surface area (TPSA) is 66.6 Å². The first-order valence-electron chi connectivity index (χ1n) is 9.54. The van der Waals surface area contributed by atoms with Crippen LogP contribution in [0.3, 0.4) is 0 Å². The van der Waals surface area contributed by atoms with E-state index in [1.807, 2.05) is 46.2 Å². The summed E-state index contributed by atoms with van der Waals surface area (Å²) in [4.78, 5) is 29.1. The number of hydrogen-bond donors (Lipinski definition) is 1. The van der Waals surface area contributed by atoms with Crippen LogP contribution in [0.4, 0.5) is 5.69 Å². The molecule has 2 aromatic carbocycles. The number of fused-ring (bicyclic) bond motifs is 2. The van der Waals surface area contributed by atoms with Gasteiger partial charge >= 0.3 is 0 Å². The highest BCUT2D eigenvalue weighted by atomic mass is 16.2. The molecule has 2 N–H and O–H groups in total. The van der Waals surface area contributed by atoms with Gasteiger partial charge in [0.05, 0.1) is 12.6 Å². The van der Waals surface area contributed by atoms with Crippen LogP contribution in [0.15, 0.2) is 48.5 Å². The summed E-state index contributed by atoms with van der Waals surface area (Å²) in [6.07, 6.45) is 2.50. The van der Waals surface area contributed by atoms with E-state index in [4.69, 9.17) is 5.73 Å². The van der Waals surface area contributed by atoms with E-state index in [9.17, 15) is 9.59 Å². The molecule has 27 heavy (non-hydrogen) atoms. The van der Waals surface area contributed by atoms with Crippen LogP contribution < -0.4 is 10.6 Å². The SMILES string of the molecule is C[C@H]1CCc2ccccc2N1C(=O)CN1Cc2ccccc2C[C@@H]1C(N)=O. The second kappa shape index (κ2) is 7.16. The number of aryl methyl sites for hydroxylation is 1. The number of anilines is 1. The Bertz CT molecular complexity index is 879. The monoisotopic (exact) mass is 363 g/mol. The van der Waals surface area contributed by atoms with Gasteiger partial charge in [-0.05, 0) is 48.9 Å². The molecular formula is C22H25N3O2. The molecule has 0 unspecified atom stereocenters. The number of rotatable bonds is 3. The zero-order valence-electron chi connectivity index (χ0n) is 15.6. The van der Waals surface area contributed by atoms with Crippen LogP contribution in [0.25, 0.3) is 0 Å². The van der Waals surface area contributed by atoms with Crippen molar-refractivity contribution in [2.45, 2.75) is 44.8 Å². The van der Waals surface area contributed by atoms with Crippen LogP contribution in [0.1, 0.15) is 30.0 Å². The van der Waals surface area contributed by atoms with Crippen LogP contribution in [0.2, 0.25) is 0 Å². The summed E-state index contributed by atoms with van der Waals surface area (Å²) in [6.45, 7) is 2.85. The van der Waals surface area contributed by atoms with E-state index < -0.39 is 6.04 Å². The average Bonchev–Trinajstić information content (AvgIpc) is 2.67. The zero-order valence-corrected chi connectivity index (χ0v) is 15.6. The third-order valence-corrected chi connectivity index (χ3v) is 5.80. The molecule has 2 aromatic rings. The smallest absolute Gasteiger partial charge is 0.241 e. The van der Waals surface area contributed by atoms with Gasteiger partial charge in [-0.25, -0.2) is 0 Å². The Balaban J connectivity index is 1.59. The number of para-hydroxylation sites is 1. The van der Waals surface area contributed by atoms with Gasteiger partial charge in [-0.2, -0.15) is 0 Å². The van der Waals surface area contributed by atoms with E-state index in [-0.39, 0.29) is 24.4 Å². The highest BCUT2D eigenvalue weighted by Gasteiger charge is 2.34. The van der Waals surface area contributed by atoms with Crippen molar-refractivity contribution in [1.29, 1.82) is 0 Å². The summed E-state index contributed by atoms with van der Waals surface area (Å²) in [5, 5.41) is 0. The molecule has 0 bridgehead atoms. The van der Waals surface area contributed by atoms with Gasteiger partial charge < -0.3 is 10.6 Å². The van der Waals surface area contributed by atoms with Crippen molar-refractivity contribution in [3.05, 3.63) is 65.2 Å². The third kappa shape index (κ3) is 3.35. The first kappa shape index (κ1) is 17.7. The lowest BCUT2D eigenvalue weighted by Crippen LogP contribution is -2.54. The van der Waals surface area contributed by atoms with Gasteiger partial charge in [0.15, 0.2) is 0 Å². The minimum atomic E-state index is -0.445. The Labute approximate surface area is 159 Å². The van der Waals surface area contributed by atoms with E-state index in [2.05, 4.69) is 19.1 Å². The molecule has 2 atom stereocenters. The molecule has 0 fully saturated rings. The number of amides is 2. The molecule has 0 radical (unpaired) electrons. The average molecular weight is 363 g/mol. The van der Waals surface area contributed by atoms with Crippen LogP contribution in [0, 0.1) is 0 Å². The molecule has 0 saturated carbocycles. The van der Waals surface area contributed by atoms with E-state index in [1.54, 1.807) is 0 Å². The summed E-state index contributed by atoms with van der Waals surface area (Å²) in [5.74, 6) is -0.343. The first-order chi connectivity index (χ1) is 13.0. The summed E-state index contributed by atoms with van der Waals surface area (Å²) < 4.78 is 0. The number of carbonyl (C=O) groups excluding carboxylic acids is 2. The molecule has 4 rings (SSSR count). The number of nitrogens with zero attached hydrogens (tertiary/aromatic N) is 2. The maximum Gasteiger partial charge on any atom is 0.241 e. The Morgan fingerprint density at radius 1 is 1.04 bits per heavy atom. The van der Waals surface area contributed by atoms with Crippen molar-refractivity contribution < 1.29 is 9.59 Å². The lowest BCUT2D eigenvalue weighted by molar-refractivity contribution is -0.126. The molecule has 0 saturated heterocycles. The molecule has 2 aliphatic heterocycles. The third-order valence-electron chi connectivity index (χ3n) is 5.80. The molecule has 5 heteroatoms. The Morgan fingerprint density at radius 3 is 2.44 bits per heavy atom. The second-order valence-corrected chi connectivity index (χ2v) is 7.58. The Kier molecular flexibility index (Phi) is 4.70. The van der Waals surface area contributed by atoms with Crippen molar-refractivity contribution in [2.75, 3.05) is 11.4 Å². The summed E-state index contributed by atoms with van der Waals surface area (Å²) in [7, 11) is 0. The summed E-state index contributed by atoms with van der Waals surface area (Å²) in [6, 6.07) is 15.9. The molecule has 140 valence electrons. The molecule has 0 spiro atoms. The predicted octanol–water partition coefficient (Wildman–Crippen LogP) is 2.27. The maximum atomic E-state index is 13.3. The van der Waals surface area contributed by atoms with E-state index in [1.165, 1.54) is 5.56 Å². The fraction of sp³-hybridized carbons (Fsp3) is 0.364. The molecule has 2 amide bonds.